The zero-order chi connectivity index (χ0) is 16.4. The Morgan fingerprint density at radius 3 is 2.46 bits per heavy atom. The molecule has 0 saturated heterocycles. The third-order valence-electron chi connectivity index (χ3n) is 4.49. The number of benzene rings is 2. The molecule has 0 aliphatic heterocycles. The largest absolute Gasteiger partial charge is 0.338 e. The number of fused-ring (bicyclic) bond motifs is 1. The molecule has 0 fully saturated rings. The van der Waals surface area contributed by atoms with Crippen LogP contribution in [0.15, 0.2) is 73.1 Å². The van der Waals surface area contributed by atoms with E-state index in [-0.39, 0.29) is 0 Å². The average Bonchev–Trinajstić information content (AvgIpc) is 3.09. The molecular weight excluding hydrogens is 294 g/mol. The van der Waals surface area contributed by atoms with Crippen LogP contribution in [0.5, 0.6) is 0 Å². The first kappa shape index (κ1) is 14.6. The lowest BCUT2D eigenvalue weighted by Crippen LogP contribution is -2.00. The van der Waals surface area contributed by atoms with Crippen LogP contribution in [-0.2, 0) is 0 Å². The standard InChI is InChI=1S/C21H19N3/c1-2-17(15-7-4-3-5-8-15)18-9-6-10-19-20(18)24-21(23-19)16-11-13-22-14-12-16/h3-14,17H,2H2,1H3,(H,23,24). The van der Waals surface area contributed by atoms with Crippen molar-refractivity contribution in [3.63, 3.8) is 0 Å². The third kappa shape index (κ3) is 2.58. The van der Waals surface area contributed by atoms with E-state index >= 15 is 0 Å². The van der Waals surface area contributed by atoms with Gasteiger partial charge in [0.15, 0.2) is 0 Å². The minimum atomic E-state index is 0.362. The van der Waals surface area contributed by atoms with Gasteiger partial charge < -0.3 is 4.98 Å². The topological polar surface area (TPSA) is 41.6 Å². The second-order valence-electron chi connectivity index (χ2n) is 5.93. The molecule has 2 aromatic carbocycles. The van der Waals surface area contributed by atoms with Crippen molar-refractivity contribution in [2.45, 2.75) is 19.3 Å². The van der Waals surface area contributed by atoms with Gasteiger partial charge in [0, 0.05) is 23.9 Å². The number of nitrogens with zero attached hydrogens (tertiary/aromatic N) is 2. The molecule has 0 radical (unpaired) electrons. The Morgan fingerprint density at radius 1 is 0.917 bits per heavy atom. The van der Waals surface area contributed by atoms with Crippen molar-refractivity contribution in [3.05, 3.63) is 84.2 Å². The molecule has 24 heavy (non-hydrogen) atoms. The van der Waals surface area contributed by atoms with Crippen molar-refractivity contribution in [3.8, 4) is 11.4 Å². The first-order valence-corrected chi connectivity index (χ1v) is 8.31. The van der Waals surface area contributed by atoms with Gasteiger partial charge in [0.25, 0.3) is 0 Å². The van der Waals surface area contributed by atoms with Gasteiger partial charge in [-0.05, 0) is 35.7 Å². The van der Waals surface area contributed by atoms with Crippen molar-refractivity contribution < 1.29 is 0 Å². The maximum absolute atomic E-state index is 4.77. The Kier molecular flexibility index (Phi) is 3.83. The molecule has 2 heterocycles. The van der Waals surface area contributed by atoms with Gasteiger partial charge in [-0.3, -0.25) is 4.98 Å². The summed E-state index contributed by atoms with van der Waals surface area (Å²) in [6.45, 7) is 2.23. The predicted molar refractivity (Wildman–Crippen MR) is 97.9 cm³/mol. The van der Waals surface area contributed by atoms with Crippen LogP contribution in [0.4, 0.5) is 0 Å². The average molecular weight is 313 g/mol. The molecule has 0 amide bonds. The number of pyridine rings is 1. The van der Waals surface area contributed by atoms with Crippen LogP contribution in [-0.4, -0.2) is 15.0 Å². The first-order chi connectivity index (χ1) is 11.9. The maximum atomic E-state index is 4.77. The summed E-state index contributed by atoms with van der Waals surface area (Å²) in [5, 5.41) is 0. The number of hydrogen-bond acceptors (Lipinski definition) is 2. The smallest absolute Gasteiger partial charge is 0.138 e. The lowest BCUT2D eigenvalue weighted by molar-refractivity contribution is 0.782. The molecule has 0 bridgehead atoms. The molecule has 1 N–H and O–H groups in total. The number of aromatic nitrogens is 3. The number of para-hydroxylation sites is 1. The van der Waals surface area contributed by atoms with Crippen LogP contribution >= 0.6 is 0 Å². The zero-order valence-corrected chi connectivity index (χ0v) is 13.6. The molecule has 2 aromatic heterocycles. The Morgan fingerprint density at radius 2 is 1.71 bits per heavy atom. The Labute approximate surface area is 141 Å². The van der Waals surface area contributed by atoms with E-state index in [0.29, 0.717) is 5.92 Å². The molecule has 0 aliphatic rings. The summed E-state index contributed by atoms with van der Waals surface area (Å²) in [6, 6.07) is 21.0. The fourth-order valence-electron chi connectivity index (χ4n) is 3.31. The van der Waals surface area contributed by atoms with Gasteiger partial charge in [0.1, 0.15) is 5.82 Å². The Balaban J connectivity index is 1.85. The van der Waals surface area contributed by atoms with Crippen LogP contribution in [0.2, 0.25) is 0 Å². The van der Waals surface area contributed by atoms with Crippen molar-refractivity contribution >= 4 is 11.0 Å². The summed E-state index contributed by atoms with van der Waals surface area (Å²) in [6.07, 6.45) is 4.64. The van der Waals surface area contributed by atoms with Gasteiger partial charge in [-0.1, -0.05) is 49.4 Å². The molecular formula is C21H19N3. The summed E-state index contributed by atoms with van der Waals surface area (Å²) in [5.74, 6) is 1.25. The highest BCUT2D eigenvalue weighted by Gasteiger charge is 2.17. The van der Waals surface area contributed by atoms with E-state index in [9.17, 15) is 0 Å². The van der Waals surface area contributed by atoms with E-state index in [4.69, 9.17) is 4.98 Å². The number of aromatic amines is 1. The van der Waals surface area contributed by atoms with Crippen LogP contribution in [0.1, 0.15) is 30.4 Å². The summed E-state index contributed by atoms with van der Waals surface area (Å²) in [5.41, 5.74) is 5.83. The van der Waals surface area contributed by atoms with Crippen LogP contribution in [0.3, 0.4) is 0 Å². The minimum absolute atomic E-state index is 0.362. The van der Waals surface area contributed by atoms with Crippen molar-refractivity contribution in [2.24, 2.45) is 0 Å². The van der Waals surface area contributed by atoms with E-state index in [2.05, 4.69) is 65.4 Å². The normalized spacial score (nSPS) is 12.4. The molecule has 4 aromatic rings. The molecule has 118 valence electrons. The number of hydrogen-bond donors (Lipinski definition) is 1. The van der Waals surface area contributed by atoms with E-state index in [1.54, 1.807) is 12.4 Å². The highest BCUT2D eigenvalue weighted by Crippen LogP contribution is 2.33. The lowest BCUT2D eigenvalue weighted by atomic mass is 9.88. The van der Waals surface area contributed by atoms with Crippen LogP contribution in [0.25, 0.3) is 22.4 Å². The number of nitrogens with one attached hydrogen (secondary N) is 1. The summed E-state index contributed by atoms with van der Waals surface area (Å²) < 4.78 is 0. The van der Waals surface area contributed by atoms with Crippen LogP contribution in [0, 0.1) is 0 Å². The highest BCUT2D eigenvalue weighted by molar-refractivity contribution is 5.83. The summed E-state index contributed by atoms with van der Waals surface area (Å²) in [4.78, 5) is 12.4. The van der Waals surface area contributed by atoms with E-state index in [0.717, 1.165) is 28.8 Å². The maximum Gasteiger partial charge on any atom is 0.138 e. The molecule has 0 saturated carbocycles. The quantitative estimate of drug-likeness (QED) is 0.565. The monoisotopic (exact) mass is 313 g/mol. The minimum Gasteiger partial charge on any atom is -0.338 e. The van der Waals surface area contributed by atoms with Gasteiger partial charge >= 0.3 is 0 Å². The van der Waals surface area contributed by atoms with Gasteiger partial charge in [0.2, 0.25) is 0 Å². The number of imidazole rings is 1. The summed E-state index contributed by atoms with van der Waals surface area (Å²) >= 11 is 0. The van der Waals surface area contributed by atoms with E-state index < -0.39 is 0 Å². The molecule has 4 rings (SSSR count). The second kappa shape index (κ2) is 6.28. The van der Waals surface area contributed by atoms with Crippen molar-refractivity contribution in [1.29, 1.82) is 0 Å². The van der Waals surface area contributed by atoms with E-state index in [1.807, 2.05) is 12.1 Å². The number of rotatable bonds is 4. The fourth-order valence-corrected chi connectivity index (χ4v) is 3.31. The predicted octanol–water partition coefficient (Wildman–Crippen LogP) is 5.17. The lowest BCUT2D eigenvalue weighted by Gasteiger charge is -2.16. The van der Waals surface area contributed by atoms with Crippen LogP contribution < -0.4 is 0 Å². The van der Waals surface area contributed by atoms with E-state index in [1.165, 1.54) is 11.1 Å². The fraction of sp³-hybridized carbons (Fsp3) is 0.143. The van der Waals surface area contributed by atoms with Gasteiger partial charge in [-0.2, -0.15) is 0 Å². The van der Waals surface area contributed by atoms with Gasteiger partial charge in [-0.25, -0.2) is 4.98 Å². The number of H-pyrrole nitrogens is 1. The first-order valence-electron chi connectivity index (χ1n) is 8.31. The third-order valence-corrected chi connectivity index (χ3v) is 4.49. The molecule has 0 spiro atoms. The summed E-state index contributed by atoms with van der Waals surface area (Å²) in [7, 11) is 0. The molecule has 1 unspecified atom stereocenters. The Hall–Kier alpha value is -2.94. The molecule has 3 nitrogen and oxygen atoms in total. The Bertz CT molecular complexity index is 943. The SMILES string of the molecule is CCC(c1ccccc1)c1cccc2nc(-c3ccncc3)[nH]c12. The zero-order valence-electron chi connectivity index (χ0n) is 13.6. The highest BCUT2D eigenvalue weighted by atomic mass is 14.9. The van der Waals surface area contributed by atoms with Crippen molar-refractivity contribution in [1.82, 2.24) is 15.0 Å². The second-order valence-corrected chi connectivity index (χ2v) is 5.93. The molecule has 0 aliphatic carbocycles. The molecule has 1 atom stereocenters. The van der Waals surface area contributed by atoms with Gasteiger partial charge in [-0.15, -0.1) is 0 Å². The van der Waals surface area contributed by atoms with Crippen molar-refractivity contribution in [2.75, 3.05) is 0 Å². The molecule has 3 heteroatoms. The van der Waals surface area contributed by atoms with Gasteiger partial charge in [0.05, 0.1) is 11.0 Å².